The van der Waals surface area contributed by atoms with E-state index in [1.165, 1.54) is 0 Å². The molecule has 0 unspecified atom stereocenters. The van der Waals surface area contributed by atoms with Crippen LogP contribution in [0.1, 0.15) is 44.0 Å². The number of carbonyl (C=O) groups is 1. The maximum atomic E-state index is 12.4. The van der Waals surface area contributed by atoms with Crippen molar-refractivity contribution in [2.45, 2.75) is 32.9 Å². The van der Waals surface area contributed by atoms with Crippen LogP contribution in [0.15, 0.2) is 54.6 Å². The van der Waals surface area contributed by atoms with E-state index >= 15 is 0 Å². The number of ether oxygens (including phenoxy) is 1. The maximum Gasteiger partial charge on any atom is 0.315 e. The Morgan fingerprint density at radius 1 is 1.04 bits per heavy atom. The summed E-state index contributed by atoms with van der Waals surface area (Å²) in [7, 11) is 1.67. The maximum absolute atomic E-state index is 12.4. The van der Waals surface area contributed by atoms with Gasteiger partial charge in [0.05, 0.1) is 19.2 Å². The van der Waals surface area contributed by atoms with Gasteiger partial charge in [0.1, 0.15) is 5.75 Å². The van der Waals surface area contributed by atoms with Gasteiger partial charge < -0.3 is 15.4 Å². The summed E-state index contributed by atoms with van der Waals surface area (Å²) in [5.41, 5.74) is 2.22. The molecule has 0 radical (unpaired) electrons. The van der Waals surface area contributed by atoms with Crippen molar-refractivity contribution in [3.8, 4) is 5.75 Å². The lowest BCUT2D eigenvalue weighted by Gasteiger charge is -2.30. The van der Waals surface area contributed by atoms with Gasteiger partial charge in [-0.25, -0.2) is 4.79 Å². The topological polar surface area (TPSA) is 53.6 Å². The van der Waals surface area contributed by atoms with Gasteiger partial charge in [0.2, 0.25) is 0 Å². The number of hydrogen-bond donors (Lipinski definition) is 2. The average molecular weight is 370 g/mol. The molecule has 0 heterocycles. The highest BCUT2D eigenvalue weighted by atomic mass is 16.5. The average Bonchev–Trinajstić information content (AvgIpc) is 2.71. The zero-order valence-electron chi connectivity index (χ0n) is 16.7. The molecule has 0 fully saturated rings. The first kappa shape index (κ1) is 20.8. The number of methoxy groups -OCH3 is 1. The number of hydrogen-bond acceptors (Lipinski definition) is 3. The lowest BCUT2D eigenvalue weighted by Crippen LogP contribution is -2.42. The summed E-state index contributed by atoms with van der Waals surface area (Å²) in [5.74, 6) is 0.826. The minimum atomic E-state index is -0.161. The van der Waals surface area contributed by atoms with Crippen LogP contribution in [0.5, 0.6) is 5.75 Å². The summed E-state index contributed by atoms with van der Waals surface area (Å²) in [6, 6.07) is 17.9. The van der Waals surface area contributed by atoms with Crippen molar-refractivity contribution in [2.75, 3.05) is 26.7 Å². The molecule has 2 rings (SSSR count). The first-order valence-corrected chi connectivity index (χ1v) is 9.56. The summed E-state index contributed by atoms with van der Waals surface area (Å²) in [6.45, 7) is 8.59. The monoisotopic (exact) mass is 369 g/mol. The Hall–Kier alpha value is -2.53. The lowest BCUT2D eigenvalue weighted by atomic mass is 10.0. The molecule has 5 nitrogen and oxygen atoms in total. The Kier molecular flexibility index (Phi) is 8.14. The molecule has 146 valence electrons. The van der Waals surface area contributed by atoms with E-state index in [1.807, 2.05) is 55.5 Å². The van der Waals surface area contributed by atoms with E-state index in [0.717, 1.165) is 30.0 Å². The van der Waals surface area contributed by atoms with Gasteiger partial charge in [0.25, 0.3) is 0 Å². The number of amides is 2. The fraction of sp³-hybridized carbons (Fsp3) is 0.409. The Balaban J connectivity index is 2.03. The quantitative estimate of drug-likeness (QED) is 0.698. The van der Waals surface area contributed by atoms with Crippen molar-refractivity contribution in [3.63, 3.8) is 0 Å². The molecule has 2 amide bonds. The normalized spacial score (nSPS) is 13.1. The second kappa shape index (κ2) is 10.6. The third-order valence-corrected chi connectivity index (χ3v) is 4.83. The fourth-order valence-electron chi connectivity index (χ4n) is 3.23. The second-order valence-corrected chi connectivity index (χ2v) is 6.50. The van der Waals surface area contributed by atoms with E-state index in [9.17, 15) is 4.79 Å². The van der Waals surface area contributed by atoms with Crippen LogP contribution in [0.4, 0.5) is 4.79 Å². The number of urea groups is 1. The predicted octanol–water partition coefficient (Wildman–Crippen LogP) is 4.14. The zero-order chi connectivity index (χ0) is 19.6. The Labute approximate surface area is 162 Å². The number of nitrogens with zero attached hydrogens (tertiary/aromatic N) is 1. The third kappa shape index (κ3) is 6.00. The number of benzene rings is 2. The molecule has 0 saturated heterocycles. The summed E-state index contributed by atoms with van der Waals surface area (Å²) in [4.78, 5) is 14.7. The van der Waals surface area contributed by atoms with Gasteiger partial charge in [-0.05, 0) is 43.3 Å². The molecule has 2 aromatic rings. The highest BCUT2D eigenvalue weighted by molar-refractivity contribution is 5.74. The molecule has 2 N–H and O–H groups in total. The number of likely N-dealkylation sites (N-methyl/N-ethyl adjacent to an activating group) is 1. The number of rotatable bonds is 9. The standard InChI is InChI=1S/C22H31N3O2/c1-5-25(6-2)21(19-13-10-14-20(15-19)27-4)16-23-22(26)24-17(3)18-11-8-7-9-12-18/h7-15,17,21H,5-6,16H2,1-4H3,(H2,23,24,26)/t17-,21-/m0/s1. The van der Waals surface area contributed by atoms with Crippen molar-refractivity contribution >= 4 is 6.03 Å². The van der Waals surface area contributed by atoms with Crippen LogP contribution in [0.25, 0.3) is 0 Å². The molecule has 5 heteroatoms. The Morgan fingerprint density at radius 3 is 2.33 bits per heavy atom. The number of carbonyl (C=O) groups excluding carboxylic acids is 1. The molecule has 0 aliphatic carbocycles. The molecule has 0 aromatic heterocycles. The Morgan fingerprint density at radius 2 is 1.70 bits per heavy atom. The SMILES string of the molecule is CCN(CC)[C@@H](CNC(=O)N[C@@H](C)c1ccccc1)c1cccc(OC)c1. The summed E-state index contributed by atoms with van der Waals surface area (Å²) in [6.07, 6.45) is 0. The van der Waals surface area contributed by atoms with Crippen LogP contribution in [0.3, 0.4) is 0 Å². The van der Waals surface area contributed by atoms with Gasteiger partial charge in [-0.2, -0.15) is 0 Å². The van der Waals surface area contributed by atoms with Crippen LogP contribution in [0, 0.1) is 0 Å². The molecular weight excluding hydrogens is 338 g/mol. The van der Waals surface area contributed by atoms with E-state index in [2.05, 4.69) is 35.4 Å². The van der Waals surface area contributed by atoms with E-state index < -0.39 is 0 Å². The molecule has 27 heavy (non-hydrogen) atoms. The minimum absolute atomic E-state index is 0.0464. The minimum Gasteiger partial charge on any atom is -0.497 e. The van der Waals surface area contributed by atoms with Gasteiger partial charge >= 0.3 is 6.03 Å². The van der Waals surface area contributed by atoms with E-state index in [1.54, 1.807) is 7.11 Å². The van der Waals surface area contributed by atoms with Crippen molar-refractivity contribution in [3.05, 3.63) is 65.7 Å². The van der Waals surface area contributed by atoms with Crippen molar-refractivity contribution < 1.29 is 9.53 Å². The fourth-order valence-corrected chi connectivity index (χ4v) is 3.23. The van der Waals surface area contributed by atoms with Gasteiger partial charge in [-0.3, -0.25) is 4.90 Å². The largest absolute Gasteiger partial charge is 0.497 e. The van der Waals surface area contributed by atoms with Crippen LogP contribution in [-0.4, -0.2) is 37.7 Å². The van der Waals surface area contributed by atoms with Crippen molar-refractivity contribution in [1.29, 1.82) is 0 Å². The third-order valence-electron chi connectivity index (χ3n) is 4.83. The number of nitrogens with one attached hydrogen (secondary N) is 2. The van der Waals surface area contributed by atoms with E-state index in [-0.39, 0.29) is 18.1 Å². The van der Waals surface area contributed by atoms with E-state index in [0.29, 0.717) is 6.54 Å². The molecular formula is C22H31N3O2. The van der Waals surface area contributed by atoms with Gasteiger partial charge in [-0.1, -0.05) is 56.3 Å². The molecule has 0 bridgehead atoms. The summed E-state index contributed by atoms with van der Waals surface area (Å²) >= 11 is 0. The highest BCUT2D eigenvalue weighted by Crippen LogP contribution is 2.23. The summed E-state index contributed by atoms with van der Waals surface area (Å²) < 4.78 is 5.36. The molecule has 0 aliphatic rings. The van der Waals surface area contributed by atoms with Gasteiger partial charge in [0.15, 0.2) is 0 Å². The molecule has 2 aromatic carbocycles. The molecule has 2 atom stereocenters. The molecule has 0 spiro atoms. The zero-order valence-corrected chi connectivity index (χ0v) is 16.7. The van der Waals surface area contributed by atoms with Gasteiger partial charge in [-0.15, -0.1) is 0 Å². The smallest absolute Gasteiger partial charge is 0.315 e. The van der Waals surface area contributed by atoms with Crippen LogP contribution in [-0.2, 0) is 0 Å². The van der Waals surface area contributed by atoms with Crippen LogP contribution < -0.4 is 15.4 Å². The molecule has 0 saturated carbocycles. The highest BCUT2D eigenvalue weighted by Gasteiger charge is 2.20. The Bertz CT molecular complexity index is 702. The van der Waals surface area contributed by atoms with E-state index in [4.69, 9.17) is 4.74 Å². The summed E-state index contributed by atoms with van der Waals surface area (Å²) in [5, 5.41) is 6.04. The molecule has 0 aliphatic heterocycles. The van der Waals surface area contributed by atoms with Gasteiger partial charge in [0, 0.05) is 6.54 Å². The predicted molar refractivity (Wildman–Crippen MR) is 110 cm³/mol. The van der Waals surface area contributed by atoms with Crippen LogP contribution >= 0.6 is 0 Å². The van der Waals surface area contributed by atoms with Crippen LogP contribution in [0.2, 0.25) is 0 Å². The lowest BCUT2D eigenvalue weighted by molar-refractivity contribution is 0.205. The first-order chi connectivity index (χ1) is 13.1. The van der Waals surface area contributed by atoms with Crippen molar-refractivity contribution in [2.24, 2.45) is 0 Å². The first-order valence-electron chi connectivity index (χ1n) is 9.56. The van der Waals surface area contributed by atoms with Crippen molar-refractivity contribution in [1.82, 2.24) is 15.5 Å². The second-order valence-electron chi connectivity index (χ2n) is 6.50.